The summed E-state index contributed by atoms with van der Waals surface area (Å²) >= 11 is 0. The molecule has 0 radical (unpaired) electrons. The summed E-state index contributed by atoms with van der Waals surface area (Å²) in [5, 5.41) is 3.10. The van der Waals surface area contributed by atoms with Gasteiger partial charge in [0.15, 0.2) is 0 Å². The van der Waals surface area contributed by atoms with Gasteiger partial charge < -0.3 is 14.6 Å². The van der Waals surface area contributed by atoms with E-state index in [2.05, 4.69) is 31.2 Å². The molecule has 1 unspecified atom stereocenters. The molecule has 0 aromatic carbocycles. The van der Waals surface area contributed by atoms with Crippen molar-refractivity contribution in [2.75, 3.05) is 14.1 Å². The van der Waals surface area contributed by atoms with Crippen molar-refractivity contribution in [3.05, 3.63) is 24.2 Å². The first-order chi connectivity index (χ1) is 9.06. The molecule has 0 spiro atoms. The van der Waals surface area contributed by atoms with E-state index in [1.54, 1.807) is 6.26 Å². The molecule has 1 aromatic rings. The second kappa shape index (κ2) is 6.24. The first-order valence-electron chi connectivity index (χ1n) is 7.05. The standard InChI is InChI=1S/C15H24N2O2/c1-11(6-7-14-5-4-8-19-14)16-15(18)12-9-13(10-12)17(2)3/h4-5,8,11-13H,6-7,9-10H2,1-3H3,(H,16,18). The fraction of sp³-hybridized carbons (Fsp3) is 0.667. The van der Waals surface area contributed by atoms with Crippen LogP contribution in [0.4, 0.5) is 0 Å². The van der Waals surface area contributed by atoms with Crippen LogP contribution in [0.3, 0.4) is 0 Å². The average molecular weight is 264 g/mol. The van der Waals surface area contributed by atoms with Crippen LogP contribution in [0.2, 0.25) is 0 Å². The molecular formula is C15H24N2O2. The number of carbonyl (C=O) groups is 1. The van der Waals surface area contributed by atoms with Gasteiger partial charge in [0.05, 0.1) is 6.26 Å². The third-order valence-electron chi connectivity index (χ3n) is 4.01. The zero-order valence-corrected chi connectivity index (χ0v) is 12.1. The molecule has 1 aliphatic rings. The summed E-state index contributed by atoms with van der Waals surface area (Å²) in [5.41, 5.74) is 0. The zero-order chi connectivity index (χ0) is 13.8. The molecule has 1 atom stereocenters. The van der Waals surface area contributed by atoms with Gasteiger partial charge in [-0.15, -0.1) is 0 Å². The van der Waals surface area contributed by atoms with Gasteiger partial charge in [0.1, 0.15) is 5.76 Å². The summed E-state index contributed by atoms with van der Waals surface area (Å²) in [6.45, 7) is 2.06. The molecule has 1 heterocycles. The molecule has 1 amide bonds. The predicted molar refractivity (Wildman–Crippen MR) is 74.8 cm³/mol. The Balaban J connectivity index is 1.65. The number of hydrogen-bond acceptors (Lipinski definition) is 3. The Bertz CT molecular complexity index is 394. The van der Waals surface area contributed by atoms with E-state index in [-0.39, 0.29) is 17.9 Å². The fourth-order valence-electron chi connectivity index (χ4n) is 2.47. The minimum absolute atomic E-state index is 0.205. The number of rotatable bonds is 6. The summed E-state index contributed by atoms with van der Waals surface area (Å²) in [6, 6.07) is 4.65. The van der Waals surface area contributed by atoms with E-state index in [4.69, 9.17) is 4.42 Å². The first kappa shape index (κ1) is 14.1. The lowest BCUT2D eigenvalue weighted by Gasteiger charge is -2.39. The second-order valence-electron chi connectivity index (χ2n) is 5.81. The third-order valence-corrected chi connectivity index (χ3v) is 4.01. The Kier molecular flexibility index (Phi) is 4.64. The monoisotopic (exact) mass is 264 g/mol. The highest BCUT2D eigenvalue weighted by molar-refractivity contribution is 5.80. The summed E-state index contributed by atoms with van der Waals surface area (Å²) in [4.78, 5) is 14.2. The molecule has 0 bridgehead atoms. The van der Waals surface area contributed by atoms with Crippen molar-refractivity contribution in [2.24, 2.45) is 5.92 Å². The van der Waals surface area contributed by atoms with E-state index in [0.29, 0.717) is 6.04 Å². The molecule has 4 nitrogen and oxygen atoms in total. The summed E-state index contributed by atoms with van der Waals surface area (Å²) in [5.74, 6) is 1.40. The molecule has 0 saturated heterocycles. The largest absolute Gasteiger partial charge is 0.469 e. The predicted octanol–water partition coefficient (Wildman–Crippen LogP) is 2.06. The molecular weight excluding hydrogens is 240 g/mol. The van der Waals surface area contributed by atoms with Crippen molar-refractivity contribution in [2.45, 2.75) is 44.7 Å². The topological polar surface area (TPSA) is 45.5 Å². The number of nitrogens with zero attached hydrogens (tertiary/aromatic N) is 1. The van der Waals surface area contributed by atoms with Gasteiger partial charge in [-0.25, -0.2) is 0 Å². The summed E-state index contributed by atoms with van der Waals surface area (Å²) in [6.07, 6.45) is 5.46. The SMILES string of the molecule is CC(CCc1ccco1)NC(=O)C1CC(N(C)C)C1. The van der Waals surface area contributed by atoms with Gasteiger partial charge in [-0.3, -0.25) is 4.79 Å². The van der Waals surface area contributed by atoms with Crippen molar-refractivity contribution < 1.29 is 9.21 Å². The maximum Gasteiger partial charge on any atom is 0.223 e. The molecule has 0 aliphatic heterocycles. The van der Waals surface area contributed by atoms with Crippen LogP contribution in [-0.4, -0.2) is 37.0 Å². The second-order valence-corrected chi connectivity index (χ2v) is 5.81. The number of hydrogen-bond donors (Lipinski definition) is 1. The number of carbonyl (C=O) groups excluding carboxylic acids is 1. The van der Waals surface area contributed by atoms with Crippen molar-refractivity contribution >= 4 is 5.91 Å². The van der Waals surface area contributed by atoms with E-state index in [9.17, 15) is 4.79 Å². The lowest BCUT2D eigenvalue weighted by molar-refractivity contribution is -0.130. The Hall–Kier alpha value is -1.29. The molecule has 1 N–H and O–H groups in total. The van der Waals surface area contributed by atoms with E-state index < -0.39 is 0 Å². The molecule has 2 rings (SSSR count). The van der Waals surface area contributed by atoms with Crippen LogP contribution in [0.15, 0.2) is 22.8 Å². The van der Waals surface area contributed by atoms with E-state index in [1.165, 1.54) is 0 Å². The van der Waals surface area contributed by atoms with Crippen LogP contribution in [0.5, 0.6) is 0 Å². The molecule has 19 heavy (non-hydrogen) atoms. The normalized spacial score (nSPS) is 24.0. The smallest absolute Gasteiger partial charge is 0.223 e. The number of furan rings is 1. The number of amides is 1. The number of aryl methyl sites for hydroxylation is 1. The maximum atomic E-state index is 12.0. The summed E-state index contributed by atoms with van der Waals surface area (Å²) in [7, 11) is 4.15. The highest BCUT2D eigenvalue weighted by Crippen LogP contribution is 2.30. The van der Waals surface area contributed by atoms with Gasteiger partial charge in [-0.1, -0.05) is 0 Å². The Morgan fingerprint density at radius 1 is 1.53 bits per heavy atom. The van der Waals surface area contributed by atoms with Gasteiger partial charge in [0.25, 0.3) is 0 Å². The van der Waals surface area contributed by atoms with E-state index in [0.717, 1.165) is 31.4 Å². The van der Waals surface area contributed by atoms with Crippen molar-refractivity contribution in [3.63, 3.8) is 0 Å². The van der Waals surface area contributed by atoms with Crippen LogP contribution in [0.1, 0.15) is 31.9 Å². The average Bonchev–Trinajstić information content (AvgIpc) is 2.76. The van der Waals surface area contributed by atoms with Crippen LogP contribution >= 0.6 is 0 Å². The van der Waals surface area contributed by atoms with Gasteiger partial charge in [-0.2, -0.15) is 0 Å². The molecule has 1 saturated carbocycles. The van der Waals surface area contributed by atoms with Gasteiger partial charge in [0.2, 0.25) is 5.91 Å². The van der Waals surface area contributed by atoms with Gasteiger partial charge >= 0.3 is 0 Å². The van der Waals surface area contributed by atoms with Crippen LogP contribution in [0, 0.1) is 5.92 Å². The van der Waals surface area contributed by atoms with Crippen molar-refractivity contribution in [3.8, 4) is 0 Å². The first-order valence-corrected chi connectivity index (χ1v) is 7.05. The van der Waals surface area contributed by atoms with Crippen molar-refractivity contribution in [1.29, 1.82) is 0 Å². The highest BCUT2D eigenvalue weighted by Gasteiger charge is 2.35. The van der Waals surface area contributed by atoms with Crippen LogP contribution in [-0.2, 0) is 11.2 Å². The summed E-state index contributed by atoms with van der Waals surface area (Å²) < 4.78 is 5.29. The molecule has 4 heteroatoms. The molecule has 1 aromatic heterocycles. The van der Waals surface area contributed by atoms with Gasteiger partial charge in [0, 0.05) is 24.4 Å². The third kappa shape index (κ3) is 3.83. The van der Waals surface area contributed by atoms with Gasteiger partial charge in [-0.05, 0) is 52.4 Å². The lowest BCUT2D eigenvalue weighted by Crippen LogP contribution is -2.48. The highest BCUT2D eigenvalue weighted by atomic mass is 16.3. The molecule has 1 aliphatic carbocycles. The zero-order valence-electron chi connectivity index (χ0n) is 12.1. The lowest BCUT2D eigenvalue weighted by atomic mass is 9.79. The van der Waals surface area contributed by atoms with Crippen molar-refractivity contribution in [1.82, 2.24) is 10.2 Å². The maximum absolute atomic E-state index is 12.0. The number of nitrogens with one attached hydrogen (secondary N) is 1. The Labute approximate surface area is 115 Å². The Morgan fingerprint density at radius 2 is 2.26 bits per heavy atom. The van der Waals surface area contributed by atoms with Crippen LogP contribution in [0.25, 0.3) is 0 Å². The minimum atomic E-state index is 0.205. The van der Waals surface area contributed by atoms with E-state index in [1.807, 2.05) is 12.1 Å². The molecule has 1 fully saturated rings. The fourth-order valence-corrected chi connectivity index (χ4v) is 2.47. The minimum Gasteiger partial charge on any atom is -0.469 e. The quantitative estimate of drug-likeness (QED) is 0.855. The molecule has 106 valence electrons. The Morgan fingerprint density at radius 3 is 2.84 bits per heavy atom. The van der Waals surface area contributed by atoms with Crippen LogP contribution < -0.4 is 5.32 Å². The van der Waals surface area contributed by atoms with E-state index >= 15 is 0 Å².